The van der Waals surface area contributed by atoms with Crippen molar-refractivity contribution in [1.29, 1.82) is 0 Å². The van der Waals surface area contributed by atoms with Gasteiger partial charge in [-0.1, -0.05) is 29.8 Å². The van der Waals surface area contributed by atoms with E-state index in [1.807, 2.05) is 26.0 Å². The van der Waals surface area contributed by atoms with Crippen LogP contribution in [0.3, 0.4) is 0 Å². The minimum Gasteiger partial charge on any atom is -0.484 e. The Balaban J connectivity index is 2.00. The van der Waals surface area contributed by atoms with E-state index in [2.05, 4.69) is 11.4 Å². The molecular weight excluding hydrogens is 304 g/mol. The number of benzene rings is 2. The average molecular weight is 324 g/mol. The highest BCUT2D eigenvalue weighted by Crippen LogP contribution is 2.17. The van der Waals surface area contributed by atoms with E-state index >= 15 is 0 Å². The lowest BCUT2D eigenvalue weighted by Crippen LogP contribution is -2.20. The number of anilines is 1. The summed E-state index contributed by atoms with van der Waals surface area (Å²) in [5.41, 5.74) is 8.90. The monoisotopic (exact) mass is 324 g/mol. The van der Waals surface area contributed by atoms with Crippen LogP contribution in [-0.2, 0) is 9.59 Å². The third-order valence-corrected chi connectivity index (χ3v) is 3.32. The largest absolute Gasteiger partial charge is 0.484 e. The first-order valence-electron chi connectivity index (χ1n) is 7.51. The molecule has 0 aliphatic rings. The summed E-state index contributed by atoms with van der Waals surface area (Å²) >= 11 is 0. The molecule has 0 aliphatic heterocycles. The van der Waals surface area contributed by atoms with Gasteiger partial charge in [-0.15, -0.1) is 0 Å². The second-order valence-electron chi connectivity index (χ2n) is 5.47. The first-order valence-corrected chi connectivity index (χ1v) is 7.51. The molecule has 0 radical (unpaired) electrons. The van der Waals surface area contributed by atoms with Crippen LogP contribution in [0.4, 0.5) is 5.69 Å². The number of ether oxygens (including phenoxy) is 1. The molecule has 5 heteroatoms. The Morgan fingerprint density at radius 3 is 2.67 bits per heavy atom. The van der Waals surface area contributed by atoms with Crippen LogP contribution in [0.1, 0.15) is 16.7 Å². The van der Waals surface area contributed by atoms with Crippen molar-refractivity contribution in [1.82, 2.24) is 0 Å². The first kappa shape index (κ1) is 17.3. The molecule has 0 bridgehead atoms. The molecule has 24 heavy (non-hydrogen) atoms. The zero-order valence-corrected chi connectivity index (χ0v) is 13.7. The number of carbonyl (C=O) groups is 2. The fraction of sp³-hybridized carbons (Fsp3) is 0.158. The van der Waals surface area contributed by atoms with Crippen LogP contribution >= 0.6 is 0 Å². The summed E-state index contributed by atoms with van der Waals surface area (Å²) in [6, 6.07) is 12.8. The van der Waals surface area contributed by atoms with E-state index in [9.17, 15) is 9.59 Å². The van der Waals surface area contributed by atoms with E-state index in [1.165, 1.54) is 11.6 Å². The van der Waals surface area contributed by atoms with Crippen molar-refractivity contribution in [2.75, 3.05) is 11.9 Å². The van der Waals surface area contributed by atoms with Crippen LogP contribution in [0.15, 0.2) is 48.5 Å². The Bertz CT molecular complexity index is 782. The third kappa shape index (κ3) is 5.28. The van der Waals surface area contributed by atoms with Crippen LogP contribution in [0, 0.1) is 13.8 Å². The SMILES string of the molecule is Cc1ccc(/C=C/C(=O)Nc2cccc(OCC(N)=O)c2)c(C)c1. The number of hydrogen-bond acceptors (Lipinski definition) is 3. The van der Waals surface area contributed by atoms with E-state index in [1.54, 1.807) is 30.3 Å². The molecule has 2 rings (SSSR count). The molecule has 0 saturated heterocycles. The number of hydrogen-bond donors (Lipinski definition) is 2. The Morgan fingerprint density at radius 1 is 1.17 bits per heavy atom. The van der Waals surface area contributed by atoms with Gasteiger partial charge in [0.15, 0.2) is 6.61 Å². The van der Waals surface area contributed by atoms with Crippen LogP contribution in [0.25, 0.3) is 6.08 Å². The quantitative estimate of drug-likeness (QED) is 0.802. The molecule has 2 aromatic rings. The summed E-state index contributed by atoms with van der Waals surface area (Å²) in [5, 5.41) is 2.75. The number of rotatable bonds is 6. The maximum absolute atomic E-state index is 12.0. The molecule has 124 valence electrons. The van der Waals surface area contributed by atoms with E-state index in [4.69, 9.17) is 10.5 Å². The van der Waals surface area contributed by atoms with Crippen LogP contribution in [0.2, 0.25) is 0 Å². The molecule has 0 unspecified atom stereocenters. The lowest BCUT2D eigenvalue weighted by atomic mass is 10.1. The lowest BCUT2D eigenvalue weighted by Gasteiger charge is -2.07. The topological polar surface area (TPSA) is 81.4 Å². The summed E-state index contributed by atoms with van der Waals surface area (Å²) in [7, 11) is 0. The number of nitrogens with one attached hydrogen (secondary N) is 1. The van der Waals surface area contributed by atoms with Crippen molar-refractivity contribution in [3.63, 3.8) is 0 Å². The average Bonchev–Trinajstić information content (AvgIpc) is 2.52. The number of primary amides is 1. The fourth-order valence-electron chi connectivity index (χ4n) is 2.18. The van der Waals surface area contributed by atoms with Gasteiger partial charge in [0.05, 0.1) is 0 Å². The minimum atomic E-state index is -0.555. The molecule has 3 N–H and O–H groups in total. The standard InChI is InChI=1S/C19H20N2O3/c1-13-6-7-15(14(2)10-13)8-9-19(23)21-16-4-3-5-17(11-16)24-12-18(20)22/h3-11H,12H2,1-2H3,(H2,20,22)(H,21,23)/b9-8+. The van der Waals surface area contributed by atoms with E-state index in [0.717, 1.165) is 11.1 Å². The van der Waals surface area contributed by atoms with Gasteiger partial charge >= 0.3 is 0 Å². The van der Waals surface area contributed by atoms with E-state index in [0.29, 0.717) is 11.4 Å². The van der Waals surface area contributed by atoms with Crippen molar-refractivity contribution in [2.45, 2.75) is 13.8 Å². The van der Waals surface area contributed by atoms with Gasteiger partial charge in [-0.3, -0.25) is 9.59 Å². The maximum atomic E-state index is 12.0. The minimum absolute atomic E-state index is 0.204. The predicted molar refractivity (Wildman–Crippen MR) is 94.7 cm³/mol. The van der Waals surface area contributed by atoms with Crippen molar-refractivity contribution < 1.29 is 14.3 Å². The van der Waals surface area contributed by atoms with Crippen molar-refractivity contribution >= 4 is 23.6 Å². The maximum Gasteiger partial charge on any atom is 0.255 e. The second kappa shape index (κ2) is 7.97. The van der Waals surface area contributed by atoms with Gasteiger partial charge in [0, 0.05) is 17.8 Å². The molecule has 0 fully saturated rings. The van der Waals surface area contributed by atoms with Crippen LogP contribution in [0.5, 0.6) is 5.75 Å². The molecule has 0 heterocycles. The zero-order chi connectivity index (χ0) is 17.5. The predicted octanol–water partition coefficient (Wildman–Crippen LogP) is 2.82. The first-order chi connectivity index (χ1) is 11.4. The normalized spacial score (nSPS) is 10.6. The molecule has 2 amide bonds. The molecule has 0 aliphatic carbocycles. The smallest absolute Gasteiger partial charge is 0.255 e. The Kier molecular flexibility index (Phi) is 5.73. The Morgan fingerprint density at radius 2 is 1.96 bits per heavy atom. The van der Waals surface area contributed by atoms with Crippen molar-refractivity contribution in [2.24, 2.45) is 5.73 Å². The van der Waals surface area contributed by atoms with Gasteiger partial charge < -0.3 is 15.8 Å². The van der Waals surface area contributed by atoms with Gasteiger partial charge in [-0.25, -0.2) is 0 Å². The molecule has 0 saturated carbocycles. The summed E-state index contributed by atoms with van der Waals surface area (Å²) in [6.07, 6.45) is 3.26. The van der Waals surface area contributed by atoms with Gasteiger partial charge in [0.1, 0.15) is 5.75 Å². The molecule has 0 aromatic heterocycles. The van der Waals surface area contributed by atoms with Gasteiger partial charge in [-0.2, -0.15) is 0 Å². The molecule has 0 spiro atoms. The summed E-state index contributed by atoms with van der Waals surface area (Å²) < 4.78 is 5.20. The third-order valence-electron chi connectivity index (χ3n) is 3.32. The van der Waals surface area contributed by atoms with Gasteiger partial charge in [-0.05, 0) is 43.2 Å². The molecule has 0 atom stereocenters. The summed E-state index contributed by atoms with van der Waals surface area (Å²) in [5.74, 6) is -0.340. The molecule has 5 nitrogen and oxygen atoms in total. The Labute approximate surface area is 141 Å². The van der Waals surface area contributed by atoms with Gasteiger partial charge in [0.25, 0.3) is 5.91 Å². The number of amides is 2. The summed E-state index contributed by atoms with van der Waals surface area (Å²) in [4.78, 5) is 22.8. The highest BCUT2D eigenvalue weighted by atomic mass is 16.5. The van der Waals surface area contributed by atoms with Gasteiger partial charge in [0.2, 0.25) is 5.91 Å². The zero-order valence-electron chi connectivity index (χ0n) is 13.7. The lowest BCUT2D eigenvalue weighted by molar-refractivity contribution is -0.120. The number of nitrogens with two attached hydrogens (primary N) is 1. The van der Waals surface area contributed by atoms with Crippen LogP contribution < -0.4 is 15.8 Å². The van der Waals surface area contributed by atoms with Crippen molar-refractivity contribution in [3.8, 4) is 5.75 Å². The highest BCUT2D eigenvalue weighted by molar-refractivity contribution is 6.02. The summed E-state index contributed by atoms with van der Waals surface area (Å²) in [6.45, 7) is 3.83. The number of aryl methyl sites for hydroxylation is 2. The Hall–Kier alpha value is -3.08. The number of carbonyl (C=O) groups excluding carboxylic acids is 2. The molecular formula is C19H20N2O3. The molecule has 2 aromatic carbocycles. The van der Waals surface area contributed by atoms with Crippen molar-refractivity contribution in [3.05, 3.63) is 65.2 Å². The van der Waals surface area contributed by atoms with Crippen LogP contribution in [-0.4, -0.2) is 18.4 Å². The second-order valence-corrected chi connectivity index (χ2v) is 5.47. The van der Waals surface area contributed by atoms with E-state index in [-0.39, 0.29) is 12.5 Å². The highest BCUT2D eigenvalue weighted by Gasteiger charge is 2.02. The van der Waals surface area contributed by atoms with E-state index < -0.39 is 5.91 Å². The fourth-order valence-corrected chi connectivity index (χ4v) is 2.18.